The molecule has 0 saturated carbocycles. The highest BCUT2D eigenvalue weighted by Gasteiger charge is 2.41. The fourth-order valence-corrected chi connectivity index (χ4v) is 1.59. The summed E-state index contributed by atoms with van der Waals surface area (Å²) in [5, 5.41) is 10.5. The van der Waals surface area contributed by atoms with Gasteiger partial charge in [-0.2, -0.15) is 13.2 Å². The molecule has 0 fully saturated rings. The van der Waals surface area contributed by atoms with Gasteiger partial charge >= 0.3 is 6.18 Å². The van der Waals surface area contributed by atoms with Crippen molar-refractivity contribution in [3.05, 3.63) is 35.4 Å². The van der Waals surface area contributed by atoms with Crippen molar-refractivity contribution in [2.75, 3.05) is 6.54 Å². The van der Waals surface area contributed by atoms with E-state index in [1.165, 1.54) is 19.1 Å². The second-order valence-corrected chi connectivity index (χ2v) is 5.24. The normalized spacial score (nSPS) is 16.4. The van der Waals surface area contributed by atoms with E-state index in [0.717, 1.165) is 12.1 Å². The van der Waals surface area contributed by atoms with Gasteiger partial charge in [-0.25, -0.2) is 0 Å². The summed E-state index contributed by atoms with van der Waals surface area (Å²) in [5.74, 6) is 0. The van der Waals surface area contributed by atoms with Gasteiger partial charge in [-0.05, 0) is 24.6 Å². The third-order valence-corrected chi connectivity index (χ3v) is 3.58. The molecule has 0 saturated heterocycles. The van der Waals surface area contributed by atoms with E-state index in [1.54, 1.807) is 13.8 Å². The van der Waals surface area contributed by atoms with Gasteiger partial charge < -0.3 is 10.8 Å². The number of hydrogen-bond donors (Lipinski definition) is 2. The van der Waals surface area contributed by atoms with Gasteiger partial charge in [0.05, 0.1) is 11.2 Å². The summed E-state index contributed by atoms with van der Waals surface area (Å²) < 4.78 is 37.9. The second-order valence-electron chi connectivity index (χ2n) is 5.24. The van der Waals surface area contributed by atoms with Crippen LogP contribution in [0.15, 0.2) is 24.3 Å². The number of aliphatic hydroxyl groups is 1. The summed E-state index contributed by atoms with van der Waals surface area (Å²) in [6.07, 6.45) is -4.42. The lowest BCUT2D eigenvalue weighted by molar-refractivity contribution is -0.138. The quantitative estimate of drug-likeness (QED) is 0.878. The summed E-state index contributed by atoms with van der Waals surface area (Å²) >= 11 is 0. The Morgan fingerprint density at radius 3 is 2.06 bits per heavy atom. The van der Waals surface area contributed by atoms with Gasteiger partial charge in [-0.1, -0.05) is 26.0 Å². The van der Waals surface area contributed by atoms with E-state index in [-0.39, 0.29) is 12.1 Å². The maximum atomic E-state index is 12.6. The highest BCUT2D eigenvalue weighted by molar-refractivity contribution is 5.31. The van der Waals surface area contributed by atoms with Gasteiger partial charge in [0, 0.05) is 12.0 Å². The fraction of sp³-hybridized carbons (Fsp3) is 0.538. The molecule has 0 aliphatic carbocycles. The standard InChI is InChI=1S/C13H18F3NO/c1-11(2,8-17)12(3,18)9-5-4-6-10(7-9)13(14,15)16/h4-7,18H,8,17H2,1-3H3. The molecular formula is C13H18F3NO. The summed E-state index contributed by atoms with van der Waals surface area (Å²) in [5.41, 5.74) is 2.86. The number of rotatable bonds is 3. The molecule has 1 unspecified atom stereocenters. The Morgan fingerprint density at radius 2 is 1.61 bits per heavy atom. The van der Waals surface area contributed by atoms with E-state index in [2.05, 4.69) is 0 Å². The molecule has 0 spiro atoms. The number of alkyl halides is 3. The summed E-state index contributed by atoms with van der Waals surface area (Å²) in [7, 11) is 0. The van der Waals surface area contributed by atoms with E-state index in [4.69, 9.17) is 5.73 Å². The molecule has 1 aromatic carbocycles. The van der Waals surface area contributed by atoms with E-state index in [0.29, 0.717) is 0 Å². The van der Waals surface area contributed by atoms with Gasteiger partial charge in [0.15, 0.2) is 0 Å². The Hall–Kier alpha value is -1.07. The van der Waals surface area contributed by atoms with E-state index in [1.807, 2.05) is 0 Å². The molecule has 5 heteroatoms. The average Bonchev–Trinajstić information content (AvgIpc) is 2.28. The molecule has 0 radical (unpaired) electrons. The van der Waals surface area contributed by atoms with Crippen molar-refractivity contribution in [3.63, 3.8) is 0 Å². The summed E-state index contributed by atoms with van der Waals surface area (Å²) in [6.45, 7) is 5.08. The Bertz CT molecular complexity index is 424. The maximum absolute atomic E-state index is 12.6. The molecule has 102 valence electrons. The average molecular weight is 261 g/mol. The predicted octanol–water partition coefficient (Wildman–Crippen LogP) is 2.90. The van der Waals surface area contributed by atoms with Crippen LogP contribution < -0.4 is 5.73 Å². The molecule has 0 heterocycles. The maximum Gasteiger partial charge on any atom is 0.416 e. The Morgan fingerprint density at radius 1 is 1.11 bits per heavy atom. The number of nitrogens with two attached hydrogens (primary N) is 1. The minimum Gasteiger partial charge on any atom is -0.385 e. The third kappa shape index (κ3) is 2.67. The third-order valence-electron chi connectivity index (χ3n) is 3.58. The molecule has 1 rings (SSSR count). The topological polar surface area (TPSA) is 46.2 Å². The largest absolute Gasteiger partial charge is 0.416 e. The molecule has 0 aliphatic rings. The fourth-order valence-electron chi connectivity index (χ4n) is 1.59. The molecule has 1 aromatic rings. The van der Waals surface area contributed by atoms with E-state index >= 15 is 0 Å². The van der Waals surface area contributed by atoms with Crippen LogP contribution in [-0.2, 0) is 11.8 Å². The summed E-state index contributed by atoms with van der Waals surface area (Å²) in [4.78, 5) is 0. The molecule has 0 aliphatic heterocycles. The molecule has 3 N–H and O–H groups in total. The molecule has 1 atom stereocenters. The monoisotopic (exact) mass is 261 g/mol. The lowest BCUT2D eigenvalue weighted by Gasteiger charge is -2.39. The van der Waals surface area contributed by atoms with Gasteiger partial charge in [0.25, 0.3) is 0 Å². The molecule has 18 heavy (non-hydrogen) atoms. The number of halogens is 3. The highest BCUT2D eigenvalue weighted by Crippen LogP contribution is 2.40. The minimum atomic E-state index is -4.42. The van der Waals surface area contributed by atoms with Crippen molar-refractivity contribution in [1.82, 2.24) is 0 Å². The first-order valence-corrected chi connectivity index (χ1v) is 5.62. The van der Waals surface area contributed by atoms with Crippen molar-refractivity contribution in [1.29, 1.82) is 0 Å². The van der Waals surface area contributed by atoms with E-state index in [9.17, 15) is 18.3 Å². The van der Waals surface area contributed by atoms with Crippen LogP contribution in [0.1, 0.15) is 31.9 Å². The number of hydrogen-bond acceptors (Lipinski definition) is 2. The van der Waals surface area contributed by atoms with Gasteiger partial charge in [0.2, 0.25) is 0 Å². The second kappa shape index (κ2) is 4.55. The van der Waals surface area contributed by atoms with Crippen molar-refractivity contribution in [3.8, 4) is 0 Å². The van der Waals surface area contributed by atoms with Gasteiger partial charge in [-0.3, -0.25) is 0 Å². The molecule has 0 aromatic heterocycles. The minimum absolute atomic E-state index is 0.163. The Kier molecular flexibility index (Phi) is 3.79. The van der Waals surface area contributed by atoms with E-state index < -0.39 is 22.8 Å². The van der Waals surface area contributed by atoms with Crippen LogP contribution in [0, 0.1) is 5.41 Å². The van der Waals surface area contributed by atoms with Gasteiger partial charge in [-0.15, -0.1) is 0 Å². The first-order valence-electron chi connectivity index (χ1n) is 5.62. The lowest BCUT2D eigenvalue weighted by atomic mass is 9.72. The van der Waals surface area contributed by atoms with Crippen LogP contribution in [-0.4, -0.2) is 11.7 Å². The van der Waals surface area contributed by atoms with Crippen LogP contribution in [0.5, 0.6) is 0 Å². The van der Waals surface area contributed by atoms with Crippen LogP contribution in [0.2, 0.25) is 0 Å². The van der Waals surface area contributed by atoms with Crippen molar-refractivity contribution >= 4 is 0 Å². The number of benzene rings is 1. The zero-order chi connectivity index (χ0) is 14.2. The molecule has 2 nitrogen and oxygen atoms in total. The van der Waals surface area contributed by atoms with Crippen LogP contribution in [0.25, 0.3) is 0 Å². The van der Waals surface area contributed by atoms with Crippen LogP contribution in [0.3, 0.4) is 0 Å². The molecule has 0 bridgehead atoms. The van der Waals surface area contributed by atoms with Gasteiger partial charge in [0.1, 0.15) is 0 Å². The zero-order valence-corrected chi connectivity index (χ0v) is 10.7. The van der Waals surface area contributed by atoms with Crippen molar-refractivity contribution in [2.45, 2.75) is 32.5 Å². The molecular weight excluding hydrogens is 243 g/mol. The summed E-state index contributed by atoms with van der Waals surface area (Å²) in [6, 6.07) is 4.72. The van der Waals surface area contributed by atoms with Crippen molar-refractivity contribution < 1.29 is 18.3 Å². The SMILES string of the molecule is CC(C)(CN)C(C)(O)c1cccc(C(F)(F)F)c1. The smallest absolute Gasteiger partial charge is 0.385 e. The molecule has 0 amide bonds. The van der Waals surface area contributed by atoms with Crippen LogP contribution in [0.4, 0.5) is 13.2 Å². The Balaban J connectivity index is 3.26. The van der Waals surface area contributed by atoms with Crippen molar-refractivity contribution in [2.24, 2.45) is 11.1 Å². The first kappa shape index (κ1) is 15.0. The highest BCUT2D eigenvalue weighted by atomic mass is 19.4. The Labute approximate surface area is 105 Å². The lowest BCUT2D eigenvalue weighted by Crippen LogP contribution is -2.44. The zero-order valence-electron chi connectivity index (χ0n) is 10.7. The predicted molar refractivity (Wildman–Crippen MR) is 63.9 cm³/mol. The first-order chi connectivity index (χ1) is 8.02. The van der Waals surface area contributed by atoms with Crippen LogP contribution >= 0.6 is 0 Å².